The van der Waals surface area contributed by atoms with E-state index in [2.05, 4.69) is 0 Å². The molecule has 0 saturated carbocycles. The molecule has 2 aromatic heterocycles. The molecule has 1 unspecified atom stereocenters. The van der Waals surface area contributed by atoms with Crippen LogP contribution in [-0.4, -0.2) is 21.7 Å². The van der Waals surface area contributed by atoms with Crippen LogP contribution in [0.3, 0.4) is 0 Å². The van der Waals surface area contributed by atoms with Crippen LogP contribution in [0, 0.1) is 0 Å². The summed E-state index contributed by atoms with van der Waals surface area (Å²) < 4.78 is 0. The molecule has 1 aliphatic heterocycles. The third-order valence-electron chi connectivity index (χ3n) is 4.31. The Hall–Kier alpha value is -2.70. The molecule has 26 heavy (non-hydrogen) atoms. The largest absolute Gasteiger partial charge is 0.507 e. The number of aliphatic hydroxyl groups is 1. The van der Waals surface area contributed by atoms with Gasteiger partial charge in [0.2, 0.25) is 0 Å². The number of Topliss-reactive ketones (excluding diaryl/α,β-unsaturated/α-hetero) is 1. The number of thiophene rings is 2. The van der Waals surface area contributed by atoms with Crippen molar-refractivity contribution in [2.45, 2.75) is 12.6 Å². The third kappa shape index (κ3) is 2.87. The molecule has 0 aliphatic carbocycles. The molecule has 1 atom stereocenters. The van der Waals surface area contributed by atoms with E-state index in [1.54, 1.807) is 29.2 Å². The molecule has 1 N–H and O–H groups in total. The van der Waals surface area contributed by atoms with E-state index in [-0.39, 0.29) is 11.3 Å². The van der Waals surface area contributed by atoms with Gasteiger partial charge in [0, 0.05) is 15.3 Å². The van der Waals surface area contributed by atoms with Gasteiger partial charge in [-0.1, -0.05) is 42.5 Å². The van der Waals surface area contributed by atoms with Gasteiger partial charge in [-0.3, -0.25) is 9.59 Å². The van der Waals surface area contributed by atoms with Crippen LogP contribution in [0.25, 0.3) is 5.76 Å². The molecular formula is C20H15NO3S2. The van der Waals surface area contributed by atoms with Crippen molar-refractivity contribution in [3.8, 4) is 0 Å². The van der Waals surface area contributed by atoms with Gasteiger partial charge in [-0.05, 0) is 22.9 Å². The van der Waals surface area contributed by atoms with E-state index in [1.165, 1.54) is 22.7 Å². The maximum atomic E-state index is 12.8. The van der Waals surface area contributed by atoms with Crippen LogP contribution in [0.1, 0.15) is 21.4 Å². The van der Waals surface area contributed by atoms with Crippen molar-refractivity contribution in [2.75, 3.05) is 0 Å². The van der Waals surface area contributed by atoms with Crippen LogP contribution in [0.5, 0.6) is 0 Å². The highest BCUT2D eigenvalue weighted by Gasteiger charge is 2.46. The van der Waals surface area contributed by atoms with Crippen LogP contribution < -0.4 is 0 Å². The first-order chi connectivity index (χ1) is 12.7. The minimum atomic E-state index is -0.638. The first kappa shape index (κ1) is 16.8. The summed E-state index contributed by atoms with van der Waals surface area (Å²) in [4.78, 5) is 28.9. The summed E-state index contributed by atoms with van der Waals surface area (Å²) in [6, 6.07) is 15.9. The minimum absolute atomic E-state index is 0.129. The zero-order valence-corrected chi connectivity index (χ0v) is 15.3. The van der Waals surface area contributed by atoms with E-state index in [9.17, 15) is 14.7 Å². The molecule has 1 amide bonds. The maximum absolute atomic E-state index is 12.8. The highest BCUT2D eigenvalue weighted by atomic mass is 32.1. The SMILES string of the molecule is O=C1C(=O)N(Cc2cccs2)C(c2cccs2)/C1=C(/O)c1ccccc1. The summed E-state index contributed by atoms with van der Waals surface area (Å²) in [5, 5.41) is 14.7. The van der Waals surface area contributed by atoms with E-state index in [0.717, 1.165) is 9.75 Å². The van der Waals surface area contributed by atoms with Crippen molar-refractivity contribution < 1.29 is 14.7 Å². The molecule has 130 valence electrons. The molecule has 1 aliphatic rings. The van der Waals surface area contributed by atoms with E-state index >= 15 is 0 Å². The Morgan fingerprint density at radius 1 is 0.962 bits per heavy atom. The fourth-order valence-electron chi connectivity index (χ4n) is 3.11. The Morgan fingerprint density at radius 2 is 1.69 bits per heavy atom. The Labute approximate surface area is 158 Å². The van der Waals surface area contributed by atoms with Crippen LogP contribution in [-0.2, 0) is 16.1 Å². The second kappa shape index (κ2) is 6.90. The highest BCUT2D eigenvalue weighted by molar-refractivity contribution is 7.10. The Kier molecular flexibility index (Phi) is 4.44. The van der Waals surface area contributed by atoms with Crippen molar-refractivity contribution in [3.63, 3.8) is 0 Å². The number of likely N-dealkylation sites (tertiary alicyclic amines) is 1. The number of carbonyl (C=O) groups is 2. The average molecular weight is 381 g/mol. The summed E-state index contributed by atoms with van der Waals surface area (Å²) in [7, 11) is 0. The Balaban J connectivity index is 1.84. The molecule has 3 aromatic rings. The summed E-state index contributed by atoms with van der Waals surface area (Å²) in [6.45, 7) is 0.344. The number of nitrogens with zero attached hydrogens (tertiary/aromatic N) is 1. The molecule has 0 bridgehead atoms. The second-order valence-electron chi connectivity index (χ2n) is 5.89. The van der Waals surface area contributed by atoms with E-state index < -0.39 is 17.7 Å². The Bertz CT molecular complexity index is 960. The fourth-order valence-corrected chi connectivity index (χ4v) is 4.66. The van der Waals surface area contributed by atoms with Gasteiger partial charge in [0.05, 0.1) is 12.1 Å². The zero-order valence-electron chi connectivity index (χ0n) is 13.7. The predicted molar refractivity (Wildman–Crippen MR) is 103 cm³/mol. The number of benzene rings is 1. The number of aliphatic hydroxyl groups excluding tert-OH is 1. The van der Waals surface area contributed by atoms with Crippen molar-refractivity contribution in [1.82, 2.24) is 4.90 Å². The first-order valence-electron chi connectivity index (χ1n) is 8.06. The van der Waals surface area contributed by atoms with Gasteiger partial charge in [-0.25, -0.2) is 0 Å². The maximum Gasteiger partial charge on any atom is 0.296 e. The van der Waals surface area contributed by atoms with Crippen molar-refractivity contribution in [2.24, 2.45) is 0 Å². The molecule has 1 fully saturated rings. The number of hydrogen-bond donors (Lipinski definition) is 1. The van der Waals surface area contributed by atoms with Crippen LogP contribution in [0.15, 0.2) is 70.9 Å². The Morgan fingerprint density at radius 3 is 2.35 bits per heavy atom. The normalized spacial score (nSPS) is 19.2. The van der Waals surface area contributed by atoms with Gasteiger partial charge >= 0.3 is 0 Å². The summed E-state index contributed by atoms with van der Waals surface area (Å²) in [5.41, 5.74) is 0.684. The molecule has 1 saturated heterocycles. The van der Waals surface area contributed by atoms with Crippen LogP contribution >= 0.6 is 22.7 Å². The molecule has 0 spiro atoms. The monoisotopic (exact) mass is 381 g/mol. The predicted octanol–water partition coefficient (Wildman–Crippen LogP) is 4.43. The molecule has 6 heteroatoms. The van der Waals surface area contributed by atoms with E-state index in [0.29, 0.717) is 12.1 Å². The zero-order chi connectivity index (χ0) is 18.1. The first-order valence-corrected chi connectivity index (χ1v) is 9.82. The van der Waals surface area contributed by atoms with Crippen molar-refractivity contribution in [1.29, 1.82) is 0 Å². The van der Waals surface area contributed by atoms with E-state index in [1.807, 2.05) is 41.1 Å². The lowest BCUT2D eigenvalue weighted by Crippen LogP contribution is -2.28. The molecule has 1 aromatic carbocycles. The number of amides is 1. The van der Waals surface area contributed by atoms with Gasteiger partial charge in [0.15, 0.2) is 0 Å². The lowest BCUT2D eigenvalue weighted by Gasteiger charge is -2.23. The van der Waals surface area contributed by atoms with E-state index in [4.69, 9.17) is 0 Å². The average Bonchev–Trinajstić information content (AvgIpc) is 3.41. The van der Waals surface area contributed by atoms with Gasteiger partial charge in [-0.2, -0.15) is 0 Å². The molecule has 4 rings (SSSR count). The highest BCUT2D eigenvalue weighted by Crippen LogP contribution is 2.42. The van der Waals surface area contributed by atoms with Crippen LogP contribution in [0.2, 0.25) is 0 Å². The molecule has 0 radical (unpaired) electrons. The van der Waals surface area contributed by atoms with Crippen molar-refractivity contribution >= 4 is 40.1 Å². The number of carbonyl (C=O) groups excluding carboxylic acids is 2. The minimum Gasteiger partial charge on any atom is -0.507 e. The number of hydrogen-bond acceptors (Lipinski definition) is 5. The second-order valence-corrected chi connectivity index (χ2v) is 7.90. The lowest BCUT2D eigenvalue weighted by molar-refractivity contribution is -0.140. The summed E-state index contributed by atoms with van der Waals surface area (Å²) in [6.07, 6.45) is 0. The quantitative estimate of drug-likeness (QED) is 0.413. The standard InChI is InChI=1S/C20H15NO3S2/c22-18(13-6-2-1-3-7-13)16-17(15-9-5-11-26-15)21(20(24)19(16)23)12-14-8-4-10-25-14/h1-11,17,22H,12H2/b18-16-. The molecule has 3 heterocycles. The molecule has 4 nitrogen and oxygen atoms in total. The van der Waals surface area contributed by atoms with Crippen LogP contribution in [0.4, 0.5) is 0 Å². The van der Waals surface area contributed by atoms with Gasteiger partial charge in [-0.15, -0.1) is 22.7 Å². The third-order valence-corrected chi connectivity index (χ3v) is 6.09. The summed E-state index contributed by atoms with van der Waals surface area (Å²) in [5.74, 6) is -1.34. The number of ketones is 1. The smallest absolute Gasteiger partial charge is 0.296 e. The van der Waals surface area contributed by atoms with Gasteiger partial charge in [0.1, 0.15) is 11.8 Å². The lowest BCUT2D eigenvalue weighted by atomic mass is 10.00. The van der Waals surface area contributed by atoms with Gasteiger partial charge in [0.25, 0.3) is 11.7 Å². The van der Waals surface area contributed by atoms with Crippen molar-refractivity contribution in [3.05, 3.63) is 86.2 Å². The topological polar surface area (TPSA) is 57.6 Å². The number of rotatable bonds is 4. The fraction of sp³-hybridized carbons (Fsp3) is 0.100. The molecular weight excluding hydrogens is 366 g/mol. The summed E-state index contributed by atoms with van der Waals surface area (Å²) >= 11 is 3.01. The van der Waals surface area contributed by atoms with Gasteiger partial charge < -0.3 is 10.0 Å².